The van der Waals surface area contributed by atoms with Crippen molar-refractivity contribution in [1.29, 1.82) is 0 Å². The van der Waals surface area contributed by atoms with E-state index in [-0.39, 0.29) is 61.9 Å². The highest BCUT2D eigenvalue weighted by molar-refractivity contribution is 5.91. The lowest BCUT2D eigenvalue weighted by Crippen LogP contribution is -2.35. The minimum absolute atomic E-state index is 0.0665. The van der Waals surface area contributed by atoms with Gasteiger partial charge in [-0.05, 0) is 137 Å². The zero-order valence-electron chi connectivity index (χ0n) is 35.6. The summed E-state index contributed by atoms with van der Waals surface area (Å²) in [5.74, 6) is -0.557. The maximum absolute atomic E-state index is 12.6. The Morgan fingerprint density at radius 2 is 0.719 bits per heavy atom. The summed E-state index contributed by atoms with van der Waals surface area (Å²) < 4.78 is 55.1. The van der Waals surface area contributed by atoms with Crippen molar-refractivity contribution < 1.29 is 76.1 Å². The molecule has 0 radical (unpaired) electrons. The first kappa shape index (κ1) is 46.7. The van der Waals surface area contributed by atoms with E-state index < -0.39 is 60.2 Å². The lowest BCUT2D eigenvalue weighted by atomic mass is 10.1. The van der Waals surface area contributed by atoms with Crippen LogP contribution in [0.5, 0.6) is 34.5 Å². The van der Waals surface area contributed by atoms with Crippen LogP contribution in [0.15, 0.2) is 97.1 Å². The van der Waals surface area contributed by atoms with Crippen LogP contribution < -0.4 is 28.4 Å². The summed E-state index contributed by atoms with van der Waals surface area (Å²) in [5, 5.41) is 0. The smallest absolute Gasteiger partial charge is 0.343 e. The van der Waals surface area contributed by atoms with Crippen LogP contribution in [0.2, 0.25) is 0 Å². The quantitative estimate of drug-likeness (QED) is 0.0437. The first-order valence-electron chi connectivity index (χ1n) is 21.2. The molecule has 0 N–H and O–H groups in total. The molecule has 2 heterocycles. The second-order valence-electron chi connectivity index (χ2n) is 14.7. The summed E-state index contributed by atoms with van der Waals surface area (Å²) in [5.41, 5.74) is 0.720. The molecule has 4 atom stereocenters. The van der Waals surface area contributed by atoms with E-state index in [0.29, 0.717) is 61.5 Å². The predicted molar refractivity (Wildman–Crippen MR) is 225 cm³/mol. The first-order valence-corrected chi connectivity index (χ1v) is 21.2. The zero-order valence-corrected chi connectivity index (χ0v) is 35.6. The molecule has 0 spiro atoms. The van der Waals surface area contributed by atoms with Crippen LogP contribution in [0.1, 0.15) is 85.9 Å². The third kappa shape index (κ3) is 14.1. The van der Waals surface area contributed by atoms with E-state index in [1.807, 2.05) is 13.8 Å². The Bertz CT molecular complexity index is 2030. The van der Waals surface area contributed by atoms with Gasteiger partial charge >= 0.3 is 35.8 Å². The molecule has 4 aromatic rings. The summed E-state index contributed by atoms with van der Waals surface area (Å²) in [6.45, 7) is 4.94. The van der Waals surface area contributed by atoms with Crippen LogP contribution in [-0.2, 0) is 38.1 Å². The Balaban J connectivity index is 0.797. The van der Waals surface area contributed by atoms with E-state index in [2.05, 4.69) is 0 Å². The number of fused-ring (bicyclic) bond motifs is 1. The normalized spacial score (nSPS) is 17.3. The molecule has 0 amide bonds. The van der Waals surface area contributed by atoms with E-state index in [1.54, 1.807) is 48.5 Å². The summed E-state index contributed by atoms with van der Waals surface area (Å²) in [6.07, 6.45) is -0.711. The predicted octanol–water partition coefficient (Wildman–Crippen LogP) is 7.18. The lowest BCUT2D eigenvalue weighted by Gasteiger charge is -2.17. The number of carbonyl (C=O) groups excluding carboxylic acids is 6. The van der Waals surface area contributed by atoms with Crippen LogP contribution in [0.3, 0.4) is 0 Å². The van der Waals surface area contributed by atoms with Crippen LogP contribution in [0, 0.1) is 0 Å². The Morgan fingerprint density at radius 1 is 0.422 bits per heavy atom. The van der Waals surface area contributed by atoms with E-state index in [0.717, 1.165) is 0 Å². The Hall–Kier alpha value is -6.78. The van der Waals surface area contributed by atoms with Gasteiger partial charge in [-0.2, -0.15) is 0 Å². The van der Waals surface area contributed by atoms with E-state index >= 15 is 0 Å². The molecule has 16 heteroatoms. The van der Waals surface area contributed by atoms with Gasteiger partial charge in [-0.15, -0.1) is 0 Å². The molecule has 2 aliphatic rings. The average Bonchev–Trinajstić information content (AvgIpc) is 3.88. The van der Waals surface area contributed by atoms with Gasteiger partial charge in [-0.1, -0.05) is 0 Å². The molecular formula is C48H50O16. The molecule has 16 nitrogen and oxygen atoms in total. The minimum atomic E-state index is -0.671. The highest BCUT2D eigenvalue weighted by Gasteiger charge is 2.51. The summed E-state index contributed by atoms with van der Waals surface area (Å²) in [7, 11) is 0. The highest BCUT2D eigenvalue weighted by atomic mass is 16.7. The van der Waals surface area contributed by atoms with Crippen LogP contribution in [-0.4, -0.2) is 86.7 Å². The standard InChI is InChI=1S/C48H50O16/c1-3-55-33-17-13-31(14-18-33)47(53)61-37-25-21-35(22-26-37)59-41(49)9-5-7-11-43(51)63-39-29-57-46-40(30-58-45(39)46)64-44(52)12-8-6-10-42(50)60-36-23-27-38(28-24-36)62-48(54)32-15-19-34(20-16-32)56-4-2/h13-28,39-40,45-46H,3-12,29-30H2,1-2H3/t39-,40+,45-,46-/m1/s1. The maximum atomic E-state index is 12.6. The third-order valence-corrected chi connectivity index (χ3v) is 9.89. The Labute approximate surface area is 369 Å². The Kier molecular flexibility index (Phi) is 17.2. The molecule has 4 aromatic carbocycles. The van der Waals surface area contributed by atoms with Crippen molar-refractivity contribution in [3.63, 3.8) is 0 Å². The van der Waals surface area contributed by atoms with Crippen LogP contribution in [0.25, 0.3) is 0 Å². The monoisotopic (exact) mass is 882 g/mol. The largest absolute Gasteiger partial charge is 0.494 e. The molecular weight excluding hydrogens is 833 g/mol. The molecule has 0 aliphatic carbocycles. The van der Waals surface area contributed by atoms with Crippen molar-refractivity contribution in [2.45, 2.75) is 89.6 Å². The van der Waals surface area contributed by atoms with Gasteiger partial charge in [0.1, 0.15) is 46.7 Å². The summed E-state index contributed by atoms with van der Waals surface area (Å²) in [6, 6.07) is 25.3. The number of hydrogen-bond acceptors (Lipinski definition) is 16. The average molecular weight is 883 g/mol. The number of benzene rings is 4. The van der Waals surface area contributed by atoms with Crippen LogP contribution in [0.4, 0.5) is 0 Å². The van der Waals surface area contributed by atoms with E-state index in [9.17, 15) is 28.8 Å². The molecule has 64 heavy (non-hydrogen) atoms. The maximum Gasteiger partial charge on any atom is 0.343 e. The fourth-order valence-electron chi connectivity index (χ4n) is 6.72. The van der Waals surface area contributed by atoms with Gasteiger partial charge in [0.25, 0.3) is 0 Å². The van der Waals surface area contributed by atoms with Crippen molar-refractivity contribution in [3.05, 3.63) is 108 Å². The molecule has 0 bridgehead atoms. The van der Waals surface area contributed by atoms with E-state index in [4.69, 9.17) is 47.4 Å². The third-order valence-electron chi connectivity index (χ3n) is 9.89. The van der Waals surface area contributed by atoms with Gasteiger partial charge in [0.2, 0.25) is 0 Å². The number of carbonyl (C=O) groups is 6. The van der Waals surface area contributed by atoms with Crippen molar-refractivity contribution in [1.82, 2.24) is 0 Å². The van der Waals surface area contributed by atoms with Crippen molar-refractivity contribution in [2.75, 3.05) is 26.4 Å². The topological polar surface area (TPSA) is 195 Å². The van der Waals surface area contributed by atoms with Gasteiger partial charge in [-0.25, -0.2) is 9.59 Å². The first-order chi connectivity index (χ1) is 31.1. The number of unbranched alkanes of at least 4 members (excludes halogenated alkanes) is 2. The fourth-order valence-corrected chi connectivity index (χ4v) is 6.72. The number of rotatable bonds is 22. The SMILES string of the molecule is CCOc1ccc(C(=O)Oc2ccc(OC(=O)CCCCC(=O)O[C@H]3CO[C@H]4[C@@H]3OC[C@H]4OC(=O)CCCCC(=O)Oc3ccc(OC(=O)c4ccc(OCC)cc4)cc3)cc2)cc1. The lowest BCUT2D eigenvalue weighted by molar-refractivity contribution is -0.155. The minimum Gasteiger partial charge on any atom is -0.494 e. The molecule has 0 unspecified atom stereocenters. The molecule has 2 aliphatic heterocycles. The molecule has 6 rings (SSSR count). The van der Waals surface area contributed by atoms with E-state index in [1.165, 1.54) is 48.5 Å². The molecule has 2 saturated heterocycles. The van der Waals surface area contributed by atoms with Crippen molar-refractivity contribution in [2.24, 2.45) is 0 Å². The highest BCUT2D eigenvalue weighted by Crippen LogP contribution is 2.31. The molecule has 0 aromatic heterocycles. The fraction of sp³-hybridized carbons (Fsp3) is 0.375. The number of hydrogen-bond donors (Lipinski definition) is 0. The Morgan fingerprint density at radius 3 is 1.05 bits per heavy atom. The van der Waals surface area contributed by atoms with Crippen LogP contribution >= 0.6 is 0 Å². The van der Waals surface area contributed by atoms with Crippen molar-refractivity contribution >= 4 is 35.8 Å². The molecule has 0 saturated carbocycles. The van der Waals surface area contributed by atoms with Gasteiger partial charge in [0.05, 0.1) is 37.6 Å². The van der Waals surface area contributed by atoms with Gasteiger partial charge in [-0.3, -0.25) is 19.2 Å². The van der Waals surface area contributed by atoms with Gasteiger partial charge < -0.3 is 47.4 Å². The second-order valence-corrected chi connectivity index (χ2v) is 14.7. The van der Waals surface area contributed by atoms with Gasteiger partial charge in [0.15, 0.2) is 12.2 Å². The number of esters is 6. The second kappa shape index (κ2) is 23.6. The zero-order chi connectivity index (χ0) is 45.3. The molecule has 2 fully saturated rings. The summed E-state index contributed by atoms with van der Waals surface area (Å²) >= 11 is 0. The molecule has 338 valence electrons. The number of ether oxygens (including phenoxy) is 10. The summed E-state index contributed by atoms with van der Waals surface area (Å²) in [4.78, 5) is 74.9. The van der Waals surface area contributed by atoms with Gasteiger partial charge in [0, 0.05) is 25.7 Å². The van der Waals surface area contributed by atoms with Crippen molar-refractivity contribution in [3.8, 4) is 34.5 Å².